The van der Waals surface area contributed by atoms with Crippen LogP contribution in [0.5, 0.6) is 5.75 Å². The fourth-order valence-electron chi connectivity index (χ4n) is 1.22. The maximum atomic E-state index is 11.5. The van der Waals surface area contributed by atoms with Crippen LogP contribution in [0.2, 0.25) is 0 Å². The fourth-order valence-corrected chi connectivity index (χ4v) is 2.04. The van der Waals surface area contributed by atoms with E-state index in [9.17, 15) is 8.42 Å². The van der Waals surface area contributed by atoms with Crippen LogP contribution in [-0.4, -0.2) is 26.8 Å². The van der Waals surface area contributed by atoms with Crippen molar-refractivity contribution in [3.05, 3.63) is 24.3 Å². The summed E-state index contributed by atoms with van der Waals surface area (Å²) in [4.78, 5) is 0.201. The molecule has 1 atom stereocenters. The first kappa shape index (κ1) is 14.0. The molecule has 4 nitrogen and oxygen atoms in total. The molecule has 1 aromatic rings. The first-order chi connectivity index (χ1) is 7.76. The molecule has 0 amide bonds. The summed E-state index contributed by atoms with van der Waals surface area (Å²) in [5.74, 6) is 0.361. The van der Waals surface area contributed by atoms with Crippen LogP contribution in [0.4, 0.5) is 0 Å². The minimum absolute atomic E-state index is 0.201. The molecule has 2 N–H and O–H groups in total. The SMILES string of the molecule is CCC(C)(N)COc1ccccc1S(C)(=O)=O. The van der Waals surface area contributed by atoms with Crippen molar-refractivity contribution in [1.29, 1.82) is 0 Å². The number of sulfone groups is 1. The largest absolute Gasteiger partial charge is 0.490 e. The Morgan fingerprint density at radius 1 is 1.35 bits per heavy atom. The van der Waals surface area contributed by atoms with Gasteiger partial charge in [-0.1, -0.05) is 19.1 Å². The van der Waals surface area contributed by atoms with E-state index in [0.29, 0.717) is 5.75 Å². The molecule has 5 heteroatoms. The lowest BCUT2D eigenvalue weighted by molar-refractivity contribution is 0.221. The van der Waals surface area contributed by atoms with E-state index in [0.717, 1.165) is 12.7 Å². The standard InChI is InChI=1S/C12H19NO3S/c1-4-12(2,13)9-16-10-7-5-6-8-11(10)17(3,14)15/h5-8H,4,9,13H2,1-3H3. The van der Waals surface area contributed by atoms with Gasteiger partial charge in [0.15, 0.2) is 9.84 Å². The Bertz CT molecular complexity index is 480. The molecule has 17 heavy (non-hydrogen) atoms. The molecular weight excluding hydrogens is 238 g/mol. The third kappa shape index (κ3) is 4.02. The zero-order valence-corrected chi connectivity index (χ0v) is 11.3. The molecule has 1 rings (SSSR count). The third-order valence-corrected chi connectivity index (χ3v) is 3.75. The molecule has 96 valence electrons. The summed E-state index contributed by atoms with van der Waals surface area (Å²) in [6.45, 7) is 4.12. The van der Waals surface area contributed by atoms with E-state index in [1.807, 2.05) is 13.8 Å². The highest BCUT2D eigenvalue weighted by atomic mass is 32.2. The average Bonchev–Trinajstić information content (AvgIpc) is 2.26. The topological polar surface area (TPSA) is 69.4 Å². The normalized spacial score (nSPS) is 15.3. The summed E-state index contributed by atoms with van der Waals surface area (Å²) in [5, 5.41) is 0. The number of ether oxygens (including phenoxy) is 1. The van der Waals surface area contributed by atoms with Gasteiger partial charge < -0.3 is 10.5 Å². The van der Waals surface area contributed by atoms with Crippen LogP contribution < -0.4 is 10.5 Å². The number of hydrogen-bond donors (Lipinski definition) is 1. The molecule has 1 unspecified atom stereocenters. The molecule has 0 heterocycles. The second-order valence-electron chi connectivity index (χ2n) is 4.52. The summed E-state index contributed by atoms with van der Waals surface area (Å²) < 4.78 is 28.6. The van der Waals surface area contributed by atoms with Crippen molar-refractivity contribution >= 4 is 9.84 Å². The van der Waals surface area contributed by atoms with Crippen molar-refractivity contribution < 1.29 is 13.2 Å². The van der Waals surface area contributed by atoms with Gasteiger partial charge in [0, 0.05) is 11.8 Å². The summed E-state index contributed by atoms with van der Waals surface area (Å²) in [6.07, 6.45) is 1.92. The van der Waals surface area contributed by atoms with Crippen molar-refractivity contribution in [2.24, 2.45) is 5.73 Å². The second kappa shape index (κ2) is 5.06. The predicted molar refractivity (Wildman–Crippen MR) is 67.9 cm³/mol. The van der Waals surface area contributed by atoms with Gasteiger partial charge in [-0.15, -0.1) is 0 Å². The van der Waals surface area contributed by atoms with Gasteiger partial charge in [-0.3, -0.25) is 0 Å². The number of nitrogens with two attached hydrogens (primary N) is 1. The quantitative estimate of drug-likeness (QED) is 0.869. The molecule has 0 aromatic heterocycles. The lowest BCUT2D eigenvalue weighted by atomic mass is 10.0. The monoisotopic (exact) mass is 257 g/mol. The Morgan fingerprint density at radius 3 is 2.47 bits per heavy atom. The maximum Gasteiger partial charge on any atom is 0.179 e. The van der Waals surface area contributed by atoms with Crippen LogP contribution in [-0.2, 0) is 9.84 Å². The first-order valence-electron chi connectivity index (χ1n) is 5.47. The molecule has 0 bridgehead atoms. The Kier molecular flexibility index (Phi) is 4.16. The van der Waals surface area contributed by atoms with E-state index >= 15 is 0 Å². The van der Waals surface area contributed by atoms with Crippen LogP contribution in [0, 0.1) is 0 Å². The van der Waals surface area contributed by atoms with Crippen LogP contribution in [0.3, 0.4) is 0 Å². The van der Waals surface area contributed by atoms with Gasteiger partial charge in [0.05, 0.1) is 0 Å². The van der Waals surface area contributed by atoms with Crippen molar-refractivity contribution in [2.75, 3.05) is 12.9 Å². The van der Waals surface area contributed by atoms with Gasteiger partial charge in [-0.05, 0) is 25.5 Å². The minimum Gasteiger partial charge on any atom is -0.490 e. The molecule has 0 aliphatic heterocycles. The van der Waals surface area contributed by atoms with Crippen LogP contribution in [0.25, 0.3) is 0 Å². The Hall–Kier alpha value is -1.07. The lowest BCUT2D eigenvalue weighted by Crippen LogP contribution is -2.41. The predicted octanol–water partition coefficient (Wildman–Crippen LogP) is 1.60. The lowest BCUT2D eigenvalue weighted by Gasteiger charge is -2.23. The molecule has 0 radical (unpaired) electrons. The first-order valence-corrected chi connectivity index (χ1v) is 7.36. The zero-order chi connectivity index (χ0) is 13.1. The van der Waals surface area contributed by atoms with Crippen LogP contribution in [0.1, 0.15) is 20.3 Å². The second-order valence-corrected chi connectivity index (χ2v) is 6.50. The maximum absolute atomic E-state index is 11.5. The van der Waals surface area contributed by atoms with E-state index in [4.69, 9.17) is 10.5 Å². The molecule has 0 spiro atoms. The van der Waals surface area contributed by atoms with Gasteiger partial charge in [0.25, 0.3) is 0 Å². The van der Waals surface area contributed by atoms with Crippen molar-refractivity contribution in [3.8, 4) is 5.75 Å². The van der Waals surface area contributed by atoms with Crippen molar-refractivity contribution in [2.45, 2.75) is 30.7 Å². The van der Waals surface area contributed by atoms with Crippen LogP contribution >= 0.6 is 0 Å². The average molecular weight is 257 g/mol. The van der Waals surface area contributed by atoms with E-state index < -0.39 is 15.4 Å². The van der Waals surface area contributed by atoms with E-state index in [2.05, 4.69) is 0 Å². The Balaban J connectivity index is 2.93. The summed E-state index contributed by atoms with van der Waals surface area (Å²) in [7, 11) is -3.27. The van der Waals surface area contributed by atoms with Gasteiger partial charge in [0.2, 0.25) is 0 Å². The Morgan fingerprint density at radius 2 is 1.94 bits per heavy atom. The highest BCUT2D eigenvalue weighted by Crippen LogP contribution is 2.24. The molecule has 0 fully saturated rings. The highest BCUT2D eigenvalue weighted by Gasteiger charge is 2.19. The van der Waals surface area contributed by atoms with Gasteiger partial charge >= 0.3 is 0 Å². The van der Waals surface area contributed by atoms with Crippen molar-refractivity contribution in [3.63, 3.8) is 0 Å². The molecule has 0 aliphatic rings. The minimum atomic E-state index is -3.27. The number of benzene rings is 1. The highest BCUT2D eigenvalue weighted by molar-refractivity contribution is 7.90. The molecule has 0 saturated heterocycles. The van der Waals surface area contributed by atoms with Crippen LogP contribution in [0.15, 0.2) is 29.2 Å². The summed E-state index contributed by atoms with van der Waals surface area (Å²) in [6, 6.07) is 6.58. The molecular formula is C12H19NO3S. The van der Waals surface area contributed by atoms with Crippen molar-refractivity contribution in [1.82, 2.24) is 0 Å². The summed E-state index contributed by atoms with van der Waals surface area (Å²) in [5.41, 5.74) is 5.49. The van der Waals surface area contributed by atoms with Gasteiger partial charge in [0.1, 0.15) is 17.3 Å². The summed E-state index contributed by atoms with van der Waals surface area (Å²) >= 11 is 0. The zero-order valence-electron chi connectivity index (χ0n) is 10.4. The third-order valence-electron chi connectivity index (χ3n) is 2.61. The smallest absolute Gasteiger partial charge is 0.179 e. The fraction of sp³-hybridized carbons (Fsp3) is 0.500. The van der Waals surface area contributed by atoms with Gasteiger partial charge in [-0.25, -0.2) is 8.42 Å². The molecule has 1 aromatic carbocycles. The van der Waals surface area contributed by atoms with E-state index in [1.165, 1.54) is 6.07 Å². The number of rotatable bonds is 5. The van der Waals surface area contributed by atoms with E-state index in [1.54, 1.807) is 18.2 Å². The molecule has 0 saturated carbocycles. The van der Waals surface area contributed by atoms with Gasteiger partial charge in [-0.2, -0.15) is 0 Å². The Labute approximate surface area is 103 Å². The van der Waals surface area contributed by atoms with E-state index in [-0.39, 0.29) is 11.5 Å². The number of hydrogen-bond acceptors (Lipinski definition) is 4. The molecule has 0 aliphatic carbocycles. The number of para-hydroxylation sites is 1.